The molecule has 0 saturated carbocycles. The average Bonchev–Trinajstić information content (AvgIpc) is 3.36. The molecule has 10 nitrogen and oxygen atoms in total. The largest absolute Gasteiger partial charge is 0.493 e. The molecule has 1 aliphatic rings. The molecule has 1 radical (unpaired) electrons. The Morgan fingerprint density at radius 3 is 2.34 bits per heavy atom. The number of carbonyl (C=O) groups is 3. The fourth-order valence-electron chi connectivity index (χ4n) is 4.92. The predicted molar refractivity (Wildman–Crippen MR) is 170 cm³/mol. The quantitative estimate of drug-likeness (QED) is 0.158. The van der Waals surface area contributed by atoms with Gasteiger partial charge in [0.1, 0.15) is 6.61 Å². The monoisotopic (exact) mass is 623 g/mol. The number of ether oxygens (including phenoxy) is 4. The van der Waals surface area contributed by atoms with E-state index in [4.69, 9.17) is 23.4 Å². The number of hydrogen-bond donors (Lipinski definition) is 1. The molecule has 3 rings (SSSR count). The highest BCUT2D eigenvalue weighted by molar-refractivity contribution is 6.48. The van der Waals surface area contributed by atoms with E-state index in [0.717, 1.165) is 11.1 Å². The third-order valence-corrected chi connectivity index (χ3v) is 7.55. The van der Waals surface area contributed by atoms with Gasteiger partial charge in [0.15, 0.2) is 11.5 Å². The summed E-state index contributed by atoms with van der Waals surface area (Å²) < 4.78 is 28.2. The van der Waals surface area contributed by atoms with Crippen molar-refractivity contribution in [2.45, 2.75) is 72.4 Å². The van der Waals surface area contributed by atoms with Crippen LogP contribution in [0.25, 0.3) is 0 Å². The maximum Gasteiger partial charge on any atom is 0.416 e. The van der Waals surface area contributed by atoms with Crippen molar-refractivity contribution in [3.63, 3.8) is 0 Å². The van der Waals surface area contributed by atoms with Crippen LogP contribution in [0.2, 0.25) is 13.1 Å². The maximum atomic E-state index is 14.5. The van der Waals surface area contributed by atoms with Crippen LogP contribution >= 0.6 is 0 Å². The van der Waals surface area contributed by atoms with Gasteiger partial charge >= 0.3 is 12.1 Å². The van der Waals surface area contributed by atoms with Crippen molar-refractivity contribution < 1.29 is 37.8 Å². The second-order valence-corrected chi connectivity index (χ2v) is 13.9. The number of hydrogen-bond acceptors (Lipinski definition) is 8. The molecule has 1 unspecified atom stereocenters. The number of methoxy groups -OCH3 is 2. The topological polar surface area (TPSA) is 113 Å². The maximum absolute atomic E-state index is 14.5. The van der Waals surface area contributed by atoms with Gasteiger partial charge in [0.2, 0.25) is 9.04 Å². The number of anilines is 1. The van der Waals surface area contributed by atoms with E-state index in [0.29, 0.717) is 17.9 Å². The van der Waals surface area contributed by atoms with Crippen molar-refractivity contribution in [1.82, 2.24) is 4.90 Å². The lowest BCUT2D eigenvalue weighted by molar-refractivity contribution is -0.139. The number of carbonyl (C=O) groups excluding carboxylic acids is 3. The van der Waals surface area contributed by atoms with E-state index in [2.05, 4.69) is 32.7 Å². The standard InChI is InChI=1S/C33H43N2O8Si/c1-21(2)42-32(38)34-25-18-28(41-20-22-13-11-10-12-14-22)27(39-6)17-24(25)31(37)35-19-23(16-29(36)40-7)15-26(35)30(33(3,4)5)43-44(8)9/h10-14,17-19,26,30H,1,15-16,20H2,2-9H3,(H,34,38)/t26-,30?/m0/s1. The van der Waals surface area contributed by atoms with Crippen LogP contribution in [0.3, 0.4) is 0 Å². The van der Waals surface area contributed by atoms with Crippen LogP contribution < -0.4 is 14.8 Å². The Morgan fingerprint density at radius 2 is 1.77 bits per heavy atom. The number of amides is 2. The van der Waals surface area contributed by atoms with E-state index in [1.165, 1.54) is 26.4 Å². The third-order valence-electron chi connectivity index (χ3n) is 6.82. The van der Waals surface area contributed by atoms with Gasteiger partial charge < -0.3 is 28.3 Å². The van der Waals surface area contributed by atoms with Crippen LogP contribution in [0.5, 0.6) is 11.5 Å². The lowest BCUT2D eigenvalue weighted by atomic mass is 9.83. The Kier molecular flexibility index (Phi) is 11.8. The molecule has 0 saturated heterocycles. The molecule has 1 aliphatic heterocycles. The number of esters is 1. The zero-order valence-electron chi connectivity index (χ0n) is 26.8. The molecular weight excluding hydrogens is 580 g/mol. The zero-order chi connectivity index (χ0) is 32.6. The molecule has 2 aromatic rings. The van der Waals surface area contributed by atoms with E-state index in [1.807, 2.05) is 43.4 Å². The lowest BCUT2D eigenvalue weighted by Crippen LogP contribution is -2.50. The molecule has 2 atom stereocenters. The smallest absolute Gasteiger partial charge is 0.416 e. The molecule has 11 heteroatoms. The highest BCUT2D eigenvalue weighted by atomic mass is 28.3. The van der Waals surface area contributed by atoms with Crippen molar-refractivity contribution in [1.29, 1.82) is 0 Å². The number of nitrogens with zero attached hydrogens (tertiary/aromatic N) is 1. The molecule has 44 heavy (non-hydrogen) atoms. The average molecular weight is 624 g/mol. The summed E-state index contributed by atoms with van der Waals surface area (Å²) in [7, 11) is 1.65. The molecule has 0 spiro atoms. The van der Waals surface area contributed by atoms with Gasteiger partial charge in [0, 0.05) is 12.3 Å². The van der Waals surface area contributed by atoms with Crippen molar-refractivity contribution in [3.05, 3.63) is 77.7 Å². The van der Waals surface area contributed by atoms with Gasteiger partial charge in [-0.05, 0) is 49.1 Å². The second-order valence-electron chi connectivity index (χ2n) is 11.9. The zero-order valence-corrected chi connectivity index (χ0v) is 27.8. The second kappa shape index (κ2) is 15.1. The minimum atomic E-state index is -1.16. The SMILES string of the molecule is C=C(C)OC(=O)Nc1cc(OCc2ccccc2)c(OC)cc1C(=O)N1C=C(CC(=O)OC)C[C@H]1C(O[Si](C)C)C(C)(C)C. The van der Waals surface area contributed by atoms with Gasteiger partial charge in [0.05, 0.1) is 49.8 Å². The Balaban J connectivity index is 2.11. The molecule has 2 amide bonds. The van der Waals surface area contributed by atoms with Crippen molar-refractivity contribution >= 4 is 32.7 Å². The normalized spacial score (nSPS) is 15.3. The first-order valence-electron chi connectivity index (χ1n) is 14.3. The fourth-order valence-corrected chi connectivity index (χ4v) is 5.94. The van der Waals surface area contributed by atoms with Crippen LogP contribution in [0, 0.1) is 5.41 Å². The Labute approximate surface area is 261 Å². The van der Waals surface area contributed by atoms with E-state index in [-0.39, 0.29) is 41.6 Å². The molecule has 1 N–H and O–H groups in total. The molecule has 2 aromatic carbocycles. The molecule has 0 fully saturated rings. The van der Waals surface area contributed by atoms with Crippen LogP contribution in [0.15, 0.2) is 66.6 Å². The molecule has 0 aromatic heterocycles. The third kappa shape index (κ3) is 9.20. The van der Waals surface area contributed by atoms with Crippen LogP contribution in [-0.2, 0) is 25.3 Å². The number of allylic oxidation sites excluding steroid dienone is 1. The van der Waals surface area contributed by atoms with Crippen molar-refractivity contribution in [3.8, 4) is 11.5 Å². The van der Waals surface area contributed by atoms with Crippen LogP contribution in [0.4, 0.5) is 10.5 Å². The molecular formula is C33H43N2O8Si. The number of rotatable bonds is 12. The van der Waals surface area contributed by atoms with Crippen molar-refractivity contribution in [2.24, 2.45) is 5.41 Å². The van der Waals surface area contributed by atoms with Gasteiger partial charge in [-0.15, -0.1) is 0 Å². The molecule has 237 valence electrons. The van der Waals surface area contributed by atoms with Crippen LogP contribution in [0.1, 0.15) is 56.5 Å². The van der Waals surface area contributed by atoms with E-state index in [1.54, 1.807) is 18.0 Å². The van der Waals surface area contributed by atoms with Gasteiger partial charge in [0.25, 0.3) is 5.91 Å². The Morgan fingerprint density at radius 1 is 1.09 bits per heavy atom. The van der Waals surface area contributed by atoms with E-state index < -0.39 is 33.1 Å². The number of benzene rings is 2. The fraction of sp³-hybridized carbons (Fsp3) is 0.424. The number of nitrogens with one attached hydrogen (secondary N) is 1. The summed E-state index contributed by atoms with van der Waals surface area (Å²) in [5.74, 6) is -0.0271. The Hall–Kier alpha value is -4.09. The summed E-state index contributed by atoms with van der Waals surface area (Å²) in [6, 6.07) is 12.2. The first-order chi connectivity index (χ1) is 20.7. The van der Waals surface area contributed by atoms with Gasteiger partial charge in [-0.2, -0.15) is 0 Å². The highest BCUT2D eigenvalue weighted by Gasteiger charge is 2.43. The molecule has 0 aliphatic carbocycles. The highest BCUT2D eigenvalue weighted by Crippen LogP contribution is 2.40. The van der Waals surface area contributed by atoms with Gasteiger partial charge in [-0.3, -0.25) is 14.9 Å². The Bertz CT molecular complexity index is 1380. The first kappa shape index (κ1) is 34.4. The summed E-state index contributed by atoms with van der Waals surface area (Å²) in [4.78, 5) is 41.0. The predicted octanol–water partition coefficient (Wildman–Crippen LogP) is 6.70. The van der Waals surface area contributed by atoms with E-state index >= 15 is 0 Å². The minimum Gasteiger partial charge on any atom is -0.493 e. The van der Waals surface area contributed by atoms with E-state index in [9.17, 15) is 14.4 Å². The summed E-state index contributed by atoms with van der Waals surface area (Å²) in [5, 5.41) is 2.67. The summed E-state index contributed by atoms with van der Waals surface area (Å²) >= 11 is 0. The molecule has 0 bridgehead atoms. The lowest BCUT2D eigenvalue weighted by Gasteiger charge is -2.40. The van der Waals surface area contributed by atoms with Gasteiger partial charge in [-0.1, -0.05) is 57.7 Å². The molecule has 1 heterocycles. The van der Waals surface area contributed by atoms with Crippen molar-refractivity contribution in [2.75, 3.05) is 19.5 Å². The first-order valence-corrected chi connectivity index (χ1v) is 16.7. The summed E-state index contributed by atoms with van der Waals surface area (Å²) in [5.41, 5.74) is 1.62. The summed E-state index contributed by atoms with van der Waals surface area (Å²) in [6.45, 7) is 15.7. The van der Waals surface area contributed by atoms with Crippen LogP contribution in [-0.4, -0.2) is 58.3 Å². The summed E-state index contributed by atoms with van der Waals surface area (Å²) in [6.07, 6.45) is 0.988. The van der Waals surface area contributed by atoms with Gasteiger partial charge in [-0.25, -0.2) is 4.79 Å². The minimum absolute atomic E-state index is 0.0370.